The molecule has 0 saturated heterocycles. The first kappa shape index (κ1) is 22.8. The molecule has 8 heteroatoms. The van der Waals surface area contributed by atoms with Crippen LogP contribution in [0.25, 0.3) is 0 Å². The van der Waals surface area contributed by atoms with Crippen molar-refractivity contribution in [2.45, 2.75) is 11.4 Å². The molecule has 3 aromatic rings. The van der Waals surface area contributed by atoms with E-state index in [1.165, 1.54) is 24.1 Å². The highest BCUT2D eigenvalue weighted by atomic mass is 35.5. The predicted molar refractivity (Wildman–Crippen MR) is 122 cm³/mol. The van der Waals surface area contributed by atoms with Crippen LogP contribution in [0.15, 0.2) is 83.8 Å². The van der Waals surface area contributed by atoms with Crippen LogP contribution >= 0.6 is 11.6 Å². The van der Waals surface area contributed by atoms with E-state index in [-0.39, 0.29) is 34.7 Å². The van der Waals surface area contributed by atoms with Gasteiger partial charge in [-0.05, 0) is 35.9 Å². The van der Waals surface area contributed by atoms with Gasteiger partial charge in [-0.25, -0.2) is 8.42 Å². The van der Waals surface area contributed by atoms with E-state index in [9.17, 15) is 13.2 Å². The van der Waals surface area contributed by atoms with Gasteiger partial charge in [0.05, 0.1) is 13.7 Å². The van der Waals surface area contributed by atoms with Gasteiger partial charge < -0.3 is 9.64 Å². The molecule has 0 N–H and O–H groups in total. The number of amides is 1. The van der Waals surface area contributed by atoms with E-state index in [0.29, 0.717) is 5.69 Å². The topological polar surface area (TPSA) is 66.9 Å². The van der Waals surface area contributed by atoms with Gasteiger partial charge in [0.15, 0.2) is 0 Å². The van der Waals surface area contributed by atoms with Crippen molar-refractivity contribution in [3.63, 3.8) is 0 Å². The Balaban J connectivity index is 1.98. The largest absolute Gasteiger partial charge is 0.495 e. The molecule has 0 heterocycles. The number of para-hydroxylation sites is 1. The summed E-state index contributed by atoms with van der Waals surface area (Å²) in [5.74, 6) is -0.210. The number of likely N-dealkylation sites (N-methyl/N-ethyl adjacent to an activating group) is 1. The maximum Gasteiger partial charge on any atom is 0.247 e. The van der Waals surface area contributed by atoms with Crippen LogP contribution in [0.4, 0.5) is 5.69 Å². The Kier molecular flexibility index (Phi) is 7.33. The number of benzene rings is 3. The van der Waals surface area contributed by atoms with E-state index in [0.717, 1.165) is 9.87 Å². The fourth-order valence-corrected chi connectivity index (χ4v) is 4.85. The summed E-state index contributed by atoms with van der Waals surface area (Å²) in [6.07, 6.45) is 0. The lowest BCUT2D eigenvalue weighted by Crippen LogP contribution is -2.41. The number of halogens is 1. The van der Waals surface area contributed by atoms with Gasteiger partial charge in [-0.15, -0.1) is 0 Å². The molecular formula is C23H23ClN2O4S. The van der Waals surface area contributed by atoms with Gasteiger partial charge in [-0.1, -0.05) is 60.1 Å². The SMILES string of the molecule is COc1ccc(Cl)cc1S(=O)(=O)N(CC(=O)N(C)c1ccccc1)Cc1ccccc1. The van der Waals surface area contributed by atoms with Crippen molar-refractivity contribution >= 4 is 33.2 Å². The number of rotatable bonds is 8. The number of carbonyl (C=O) groups excluding carboxylic acids is 1. The van der Waals surface area contributed by atoms with Crippen molar-refractivity contribution < 1.29 is 17.9 Å². The van der Waals surface area contributed by atoms with Crippen LogP contribution < -0.4 is 9.64 Å². The normalized spacial score (nSPS) is 11.4. The standard InChI is InChI=1S/C23H23ClN2O4S/c1-25(20-11-7-4-8-12-20)23(27)17-26(16-18-9-5-3-6-10-18)31(28,29)22-15-19(24)13-14-21(22)30-2/h3-15H,16-17H2,1-2H3. The molecule has 0 aromatic heterocycles. The molecule has 31 heavy (non-hydrogen) atoms. The number of anilines is 1. The first-order valence-corrected chi connectivity index (χ1v) is 11.3. The molecule has 0 aliphatic heterocycles. The van der Waals surface area contributed by atoms with Gasteiger partial charge in [-0.2, -0.15) is 4.31 Å². The Labute approximate surface area is 187 Å². The number of carbonyl (C=O) groups is 1. The van der Waals surface area contributed by atoms with Gasteiger partial charge in [0, 0.05) is 24.3 Å². The molecule has 0 aliphatic carbocycles. The lowest BCUT2D eigenvalue weighted by Gasteiger charge is -2.26. The zero-order chi connectivity index (χ0) is 22.4. The fraction of sp³-hybridized carbons (Fsp3) is 0.174. The number of nitrogens with zero attached hydrogens (tertiary/aromatic N) is 2. The summed E-state index contributed by atoms with van der Waals surface area (Å²) in [5.41, 5.74) is 1.42. The van der Waals surface area contributed by atoms with Crippen LogP contribution in [-0.4, -0.2) is 39.3 Å². The quantitative estimate of drug-likeness (QED) is 0.507. The van der Waals surface area contributed by atoms with E-state index >= 15 is 0 Å². The van der Waals surface area contributed by atoms with Crippen molar-refractivity contribution in [1.82, 2.24) is 4.31 Å². The highest BCUT2D eigenvalue weighted by Gasteiger charge is 2.31. The third kappa shape index (κ3) is 5.44. The minimum absolute atomic E-state index is 0.0210. The molecule has 0 radical (unpaired) electrons. The Bertz CT molecular complexity index is 1140. The van der Waals surface area contributed by atoms with Crippen LogP contribution in [0.1, 0.15) is 5.56 Å². The summed E-state index contributed by atoms with van der Waals surface area (Å²) in [6, 6.07) is 22.5. The maximum absolute atomic E-state index is 13.6. The smallest absolute Gasteiger partial charge is 0.247 e. The number of ether oxygens (including phenoxy) is 1. The molecule has 3 rings (SSSR count). The highest BCUT2D eigenvalue weighted by Crippen LogP contribution is 2.30. The summed E-state index contributed by atoms with van der Waals surface area (Å²) in [4.78, 5) is 14.3. The number of hydrogen-bond acceptors (Lipinski definition) is 4. The second-order valence-electron chi connectivity index (χ2n) is 6.84. The molecule has 0 unspecified atom stereocenters. The summed E-state index contributed by atoms with van der Waals surface area (Å²) >= 11 is 6.07. The first-order chi connectivity index (χ1) is 14.8. The maximum atomic E-state index is 13.6. The van der Waals surface area contributed by atoms with Gasteiger partial charge in [0.2, 0.25) is 15.9 Å². The van der Waals surface area contributed by atoms with E-state index in [1.54, 1.807) is 25.2 Å². The number of hydrogen-bond donors (Lipinski definition) is 0. The first-order valence-electron chi connectivity index (χ1n) is 9.52. The molecule has 0 bridgehead atoms. The van der Waals surface area contributed by atoms with Crippen LogP contribution in [0.3, 0.4) is 0 Å². The Hall–Kier alpha value is -2.87. The average molecular weight is 459 g/mol. The molecule has 0 spiro atoms. The second-order valence-corrected chi connectivity index (χ2v) is 9.18. The molecule has 0 fully saturated rings. The zero-order valence-corrected chi connectivity index (χ0v) is 18.8. The summed E-state index contributed by atoms with van der Waals surface area (Å²) in [5, 5.41) is 0.256. The van der Waals surface area contributed by atoms with Gasteiger partial charge in [0.25, 0.3) is 0 Å². The minimum Gasteiger partial charge on any atom is -0.495 e. The summed E-state index contributed by atoms with van der Waals surface area (Å²) in [7, 11) is -1.10. The second kappa shape index (κ2) is 9.96. The molecule has 0 aliphatic rings. The van der Waals surface area contributed by atoms with E-state index in [4.69, 9.17) is 16.3 Å². The highest BCUT2D eigenvalue weighted by molar-refractivity contribution is 7.89. The third-order valence-corrected chi connectivity index (χ3v) is 6.82. The van der Waals surface area contributed by atoms with Crippen LogP contribution in [0.5, 0.6) is 5.75 Å². The average Bonchev–Trinajstić information content (AvgIpc) is 2.79. The van der Waals surface area contributed by atoms with Crippen molar-refractivity contribution in [2.75, 3.05) is 25.6 Å². The van der Waals surface area contributed by atoms with Crippen molar-refractivity contribution in [3.05, 3.63) is 89.4 Å². The number of methoxy groups -OCH3 is 1. The lowest BCUT2D eigenvalue weighted by atomic mass is 10.2. The van der Waals surface area contributed by atoms with E-state index in [2.05, 4.69) is 0 Å². The van der Waals surface area contributed by atoms with E-state index in [1.807, 2.05) is 48.5 Å². The Morgan fingerprint density at radius 2 is 1.58 bits per heavy atom. The minimum atomic E-state index is -4.10. The van der Waals surface area contributed by atoms with Gasteiger partial charge in [-0.3, -0.25) is 4.79 Å². The van der Waals surface area contributed by atoms with Crippen molar-refractivity contribution in [3.8, 4) is 5.75 Å². The molecule has 1 amide bonds. The molecular weight excluding hydrogens is 436 g/mol. The molecule has 3 aromatic carbocycles. The molecule has 162 valence electrons. The Morgan fingerprint density at radius 3 is 2.19 bits per heavy atom. The van der Waals surface area contributed by atoms with Crippen LogP contribution in [0.2, 0.25) is 5.02 Å². The molecule has 0 saturated carbocycles. The van der Waals surface area contributed by atoms with E-state index < -0.39 is 10.0 Å². The van der Waals surface area contributed by atoms with Crippen LogP contribution in [-0.2, 0) is 21.4 Å². The Morgan fingerprint density at radius 1 is 0.968 bits per heavy atom. The summed E-state index contributed by atoms with van der Waals surface area (Å²) in [6.45, 7) is -0.328. The van der Waals surface area contributed by atoms with Gasteiger partial charge >= 0.3 is 0 Å². The van der Waals surface area contributed by atoms with Gasteiger partial charge in [0.1, 0.15) is 10.6 Å². The van der Waals surface area contributed by atoms with Crippen molar-refractivity contribution in [2.24, 2.45) is 0 Å². The number of sulfonamides is 1. The summed E-state index contributed by atoms with van der Waals surface area (Å²) < 4.78 is 33.5. The zero-order valence-electron chi connectivity index (χ0n) is 17.2. The molecule has 0 atom stereocenters. The predicted octanol–water partition coefficient (Wildman–Crippen LogP) is 4.20. The van der Waals surface area contributed by atoms with Crippen molar-refractivity contribution in [1.29, 1.82) is 0 Å². The lowest BCUT2D eigenvalue weighted by molar-refractivity contribution is -0.118. The van der Waals surface area contributed by atoms with Crippen LogP contribution in [0, 0.1) is 0 Å². The fourth-order valence-electron chi connectivity index (χ4n) is 3.06. The monoisotopic (exact) mass is 458 g/mol. The third-order valence-electron chi connectivity index (χ3n) is 4.77. The molecule has 6 nitrogen and oxygen atoms in total.